The van der Waals surface area contributed by atoms with Gasteiger partial charge in [0, 0.05) is 30.8 Å². The van der Waals surface area contributed by atoms with Crippen molar-refractivity contribution in [2.24, 2.45) is 0 Å². The highest BCUT2D eigenvalue weighted by atomic mass is 16.5. The molecule has 0 saturated carbocycles. The molecular formula is C11H11N3O. The molecule has 2 aliphatic rings. The molecule has 0 radical (unpaired) electrons. The van der Waals surface area contributed by atoms with Crippen LogP contribution in [-0.4, -0.2) is 17.6 Å². The molecule has 15 heavy (non-hydrogen) atoms. The molecule has 3 heterocycles. The first-order valence-corrected chi connectivity index (χ1v) is 5.09. The number of rotatable bonds is 0. The summed E-state index contributed by atoms with van der Waals surface area (Å²) in [6.45, 7) is 2.70. The van der Waals surface area contributed by atoms with Gasteiger partial charge in [-0.05, 0) is 6.92 Å². The molecule has 3 rings (SSSR count). The Labute approximate surface area is 87.9 Å². The van der Waals surface area contributed by atoms with Gasteiger partial charge in [-0.15, -0.1) is 0 Å². The highest BCUT2D eigenvalue weighted by Crippen LogP contribution is 2.40. The molecule has 0 amide bonds. The smallest absolute Gasteiger partial charge is 0.145 e. The van der Waals surface area contributed by atoms with Crippen molar-refractivity contribution < 1.29 is 4.74 Å². The van der Waals surface area contributed by atoms with Crippen LogP contribution in [0.4, 0.5) is 0 Å². The maximum Gasteiger partial charge on any atom is 0.145 e. The van der Waals surface area contributed by atoms with E-state index in [1.54, 1.807) is 0 Å². The molecule has 0 unspecified atom stereocenters. The second-order valence-electron chi connectivity index (χ2n) is 4.05. The minimum absolute atomic E-state index is 0.219. The van der Waals surface area contributed by atoms with Crippen LogP contribution in [0.2, 0.25) is 0 Å². The minimum atomic E-state index is 0.219. The van der Waals surface area contributed by atoms with E-state index < -0.39 is 0 Å². The van der Waals surface area contributed by atoms with Gasteiger partial charge in [-0.25, -0.2) is 0 Å². The number of ether oxygens (including phenoxy) is 1. The molecule has 1 fully saturated rings. The quantitative estimate of drug-likeness (QED) is 0.681. The van der Waals surface area contributed by atoms with E-state index in [4.69, 9.17) is 10.00 Å². The van der Waals surface area contributed by atoms with Gasteiger partial charge in [-0.3, -0.25) is 4.98 Å². The Hall–Kier alpha value is -1.60. The fourth-order valence-electron chi connectivity index (χ4n) is 2.30. The molecule has 1 aromatic rings. The molecule has 4 heteroatoms. The van der Waals surface area contributed by atoms with E-state index in [-0.39, 0.29) is 6.10 Å². The van der Waals surface area contributed by atoms with Crippen LogP contribution in [0.5, 0.6) is 5.75 Å². The van der Waals surface area contributed by atoms with E-state index in [2.05, 4.69) is 16.4 Å². The van der Waals surface area contributed by atoms with E-state index in [1.165, 1.54) is 0 Å². The average molecular weight is 201 g/mol. The van der Waals surface area contributed by atoms with Crippen LogP contribution in [0.25, 0.3) is 0 Å². The highest BCUT2D eigenvalue weighted by Gasteiger charge is 2.36. The zero-order valence-corrected chi connectivity index (χ0v) is 8.45. The summed E-state index contributed by atoms with van der Waals surface area (Å²) in [6.07, 6.45) is 3.03. The Balaban J connectivity index is 2.21. The SMILES string of the molecule is Cc1ncc2c(c1C#N)O[C@@H]1CN[C@H]2C1. The number of nitriles is 1. The fourth-order valence-corrected chi connectivity index (χ4v) is 2.30. The zero-order chi connectivity index (χ0) is 10.4. The molecule has 1 saturated heterocycles. The highest BCUT2D eigenvalue weighted by molar-refractivity contribution is 5.52. The van der Waals surface area contributed by atoms with E-state index in [1.807, 2.05) is 13.1 Å². The van der Waals surface area contributed by atoms with Crippen LogP contribution < -0.4 is 10.1 Å². The van der Waals surface area contributed by atoms with Crippen molar-refractivity contribution in [3.8, 4) is 11.8 Å². The zero-order valence-electron chi connectivity index (χ0n) is 8.45. The van der Waals surface area contributed by atoms with Crippen molar-refractivity contribution in [3.63, 3.8) is 0 Å². The summed E-state index contributed by atoms with van der Waals surface area (Å²) in [5, 5.41) is 12.4. The summed E-state index contributed by atoms with van der Waals surface area (Å²) in [5.41, 5.74) is 2.37. The summed E-state index contributed by atoms with van der Waals surface area (Å²) in [7, 11) is 0. The predicted octanol–water partition coefficient (Wildman–Crippen LogP) is 1.06. The summed E-state index contributed by atoms with van der Waals surface area (Å²) in [6, 6.07) is 2.50. The number of aryl methyl sites for hydroxylation is 1. The van der Waals surface area contributed by atoms with E-state index in [0.717, 1.165) is 30.0 Å². The lowest BCUT2D eigenvalue weighted by Gasteiger charge is -2.24. The van der Waals surface area contributed by atoms with Gasteiger partial charge in [0.05, 0.1) is 5.69 Å². The maximum absolute atomic E-state index is 9.08. The lowest BCUT2D eigenvalue weighted by Crippen LogP contribution is -2.21. The van der Waals surface area contributed by atoms with Crippen molar-refractivity contribution in [2.45, 2.75) is 25.5 Å². The average Bonchev–Trinajstić information content (AvgIpc) is 2.61. The van der Waals surface area contributed by atoms with Gasteiger partial charge < -0.3 is 10.1 Å². The molecule has 0 spiro atoms. The molecule has 4 nitrogen and oxygen atoms in total. The third-order valence-corrected chi connectivity index (χ3v) is 3.11. The number of nitrogens with one attached hydrogen (secondary N) is 1. The summed E-state index contributed by atoms with van der Waals surface area (Å²) >= 11 is 0. The number of nitrogens with zero attached hydrogens (tertiary/aromatic N) is 2. The van der Waals surface area contributed by atoms with Gasteiger partial charge in [0.2, 0.25) is 0 Å². The Kier molecular flexibility index (Phi) is 1.70. The molecule has 2 aliphatic heterocycles. The molecule has 2 atom stereocenters. The Morgan fingerprint density at radius 3 is 3.33 bits per heavy atom. The van der Waals surface area contributed by atoms with E-state index >= 15 is 0 Å². The first-order valence-electron chi connectivity index (χ1n) is 5.09. The minimum Gasteiger partial charge on any atom is -0.487 e. The van der Waals surface area contributed by atoms with Gasteiger partial charge in [0.25, 0.3) is 0 Å². The van der Waals surface area contributed by atoms with Gasteiger partial charge in [0.1, 0.15) is 23.5 Å². The molecule has 2 bridgehead atoms. The largest absolute Gasteiger partial charge is 0.487 e. The van der Waals surface area contributed by atoms with Crippen LogP contribution in [0, 0.1) is 18.3 Å². The molecule has 0 aliphatic carbocycles. The van der Waals surface area contributed by atoms with Crippen LogP contribution in [0.15, 0.2) is 6.20 Å². The van der Waals surface area contributed by atoms with Crippen LogP contribution >= 0.6 is 0 Å². The Morgan fingerprint density at radius 1 is 1.67 bits per heavy atom. The predicted molar refractivity (Wildman–Crippen MR) is 53.5 cm³/mol. The second-order valence-corrected chi connectivity index (χ2v) is 4.05. The van der Waals surface area contributed by atoms with Gasteiger partial charge in [0.15, 0.2) is 0 Å². The number of fused-ring (bicyclic) bond motifs is 4. The standard InChI is InChI=1S/C11H11N3O/c1-6-8(3-12)11-9(5-13-6)10-2-7(15-11)4-14-10/h5,7,10,14H,2,4H2,1H3/t7-,10-/m0/s1. The van der Waals surface area contributed by atoms with Gasteiger partial charge >= 0.3 is 0 Å². The van der Waals surface area contributed by atoms with Crippen LogP contribution in [-0.2, 0) is 0 Å². The van der Waals surface area contributed by atoms with Gasteiger partial charge in [-0.1, -0.05) is 0 Å². The topological polar surface area (TPSA) is 57.9 Å². The normalized spacial score (nSPS) is 26.7. The molecular weight excluding hydrogens is 190 g/mol. The molecule has 1 aromatic heterocycles. The van der Waals surface area contributed by atoms with Crippen molar-refractivity contribution in [1.29, 1.82) is 5.26 Å². The number of hydrogen-bond acceptors (Lipinski definition) is 4. The number of hydrogen-bond donors (Lipinski definition) is 1. The second kappa shape index (κ2) is 2.94. The van der Waals surface area contributed by atoms with E-state index in [9.17, 15) is 0 Å². The van der Waals surface area contributed by atoms with Crippen molar-refractivity contribution in [3.05, 3.63) is 23.0 Å². The Bertz CT molecular complexity index is 464. The summed E-state index contributed by atoms with van der Waals surface area (Å²) in [5.74, 6) is 0.747. The third kappa shape index (κ3) is 1.13. The van der Waals surface area contributed by atoms with Gasteiger partial charge in [-0.2, -0.15) is 5.26 Å². The molecule has 76 valence electrons. The monoisotopic (exact) mass is 201 g/mol. The van der Waals surface area contributed by atoms with Crippen LogP contribution in [0.1, 0.15) is 29.3 Å². The van der Waals surface area contributed by atoms with Crippen LogP contribution in [0.3, 0.4) is 0 Å². The maximum atomic E-state index is 9.08. The summed E-state index contributed by atoms with van der Waals surface area (Å²) < 4.78 is 5.80. The number of aromatic nitrogens is 1. The molecule has 0 aromatic carbocycles. The fraction of sp³-hybridized carbons (Fsp3) is 0.455. The van der Waals surface area contributed by atoms with Crippen molar-refractivity contribution in [1.82, 2.24) is 10.3 Å². The van der Waals surface area contributed by atoms with E-state index in [0.29, 0.717) is 11.6 Å². The van der Waals surface area contributed by atoms with Crippen molar-refractivity contribution in [2.75, 3.05) is 6.54 Å². The first-order chi connectivity index (χ1) is 7.29. The first kappa shape index (κ1) is 8.69. The lowest BCUT2D eigenvalue weighted by molar-refractivity contribution is 0.203. The third-order valence-electron chi connectivity index (χ3n) is 3.11. The number of pyridine rings is 1. The molecule has 1 N–H and O–H groups in total. The Morgan fingerprint density at radius 2 is 2.53 bits per heavy atom. The summed E-state index contributed by atoms with van der Waals surface area (Å²) in [4.78, 5) is 4.24. The lowest BCUT2D eigenvalue weighted by atomic mass is 9.99. The van der Waals surface area contributed by atoms with Crippen molar-refractivity contribution >= 4 is 0 Å².